The highest BCUT2D eigenvalue weighted by molar-refractivity contribution is 6.07. The number of fused-ring (bicyclic) bond motifs is 2. The fourth-order valence-corrected chi connectivity index (χ4v) is 4.85. The van der Waals surface area contributed by atoms with Gasteiger partial charge in [0.1, 0.15) is 12.0 Å². The largest absolute Gasteiger partial charge is 0.379 e. The first-order valence-electron chi connectivity index (χ1n) is 12.3. The lowest BCUT2D eigenvalue weighted by atomic mass is 10.0. The quantitative estimate of drug-likeness (QED) is 0.278. The van der Waals surface area contributed by atoms with E-state index in [2.05, 4.69) is 57.5 Å². The van der Waals surface area contributed by atoms with Gasteiger partial charge in [-0.1, -0.05) is 23.8 Å². The lowest BCUT2D eigenvalue weighted by Crippen LogP contribution is -2.53. The standard InChI is InChI=1S/C19H29N5O3.C7H12/c1-13-18(19(20-2)21-12-25)16(24-10-14-3-4-15(11-24)27-14)9-17(22-13)23-5-7-26-8-6-23;1-4-6-7(3)5-2/h9,12,14-15,17,22H,3-8,10-11H2,1-2H3,(H,20,21,25);4-6H,1-3H3/b;6-4-,7-5-. The van der Waals surface area contributed by atoms with Crippen molar-refractivity contribution in [2.45, 2.75) is 58.9 Å². The number of nitrogens with one attached hydrogen (secondary N) is 2. The van der Waals surface area contributed by atoms with Gasteiger partial charge in [0.15, 0.2) is 0 Å². The monoisotopic (exact) mass is 471 g/mol. The topological polar surface area (TPSA) is 78.4 Å². The normalized spacial score (nSPS) is 28.3. The van der Waals surface area contributed by atoms with E-state index in [0.29, 0.717) is 24.5 Å². The van der Waals surface area contributed by atoms with Crippen LogP contribution in [0, 0.1) is 0 Å². The molecule has 3 fully saturated rings. The van der Waals surface area contributed by atoms with Crippen LogP contribution in [0.1, 0.15) is 40.5 Å². The Hall–Kier alpha value is -2.42. The summed E-state index contributed by atoms with van der Waals surface area (Å²) in [5, 5.41) is 6.37. The van der Waals surface area contributed by atoms with E-state index in [1.165, 1.54) is 5.57 Å². The van der Waals surface area contributed by atoms with Crippen molar-refractivity contribution in [2.24, 2.45) is 4.99 Å². The lowest BCUT2D eigenvalue weighted by Gasteiger charge is -2.42. The molecule has 34 heavy (non-hydrogen) atoms. The van der Waals surface area contributed by atoms with Crippen molar-refractivity contribution in [3.8, 4) is 0 Å². The second-order valence-corrected chi connectivity index (χ2v) is 9.02. The molecule has 3 unspecified atom stereocenters. The van der Waals surface area contributed by atoms with E-state index in [1.54, 1.807) is 7.05 Å². The Balaban J connectivity index is 0.000000406. The zero-order valence-electron chi connectivity index (χ0n) is 21.3. The van der Waals surface area contributed by atoms with Gasteiger partial charge in [0.05, 0.1) is 31.0 Å². The number of amides is 1. The number of amidine groups is 1. The molecule has 3 saturated heterocycles. The number of rotatable bonds is 5. The van der Waals surface area contributed by atoms with Gasteiger partial charge in [-0.05, 0) is 46.6 Å². The first-order chi connectivity index (χ1) is 16.5. The van der Waals surface area contributed by atoms with Crippen molar-refractivity contribution in [2.75, 3.05) is 46.4 Å². The van der Waals surface area contributed by atoms with Crippen LogP contribution in [0.15, 0.2) is 51.8 Å². The Bertz CT molecular complexity index is 842. The molecule has 0 aliphatic carbocycles. The van der Waals surface area contributed by atoms with E-state index in [0.717, 1.165) is 69.2 Å². The number of hydrogen-bond donors (Lipinski definition) is 2. The van der Waals surface area contributed by atoms with E-state index in [-0.39, 0.29) is 6.17 Å². The first kappa shape index (κ1) is 26.2. The molecular weight excluding hydrogens is 430 g/mol. The number of dihydropyridines is 1. The molecule has 2 bridgehead atoms. The zero-order valence-corrected chi connectivity index (χ0v) is 21.3. The molecule has 2 N–H and O–H groups in total. The minimum Gasteiger partial charge on any atom is -0.379 e. The molecule has 8 nitrogen and oxygen atoms in total. The van der Waals surface area contributed by atoms with E-state index in [4.69, 9.17) is 9.47 Å². The molecule has 0 aromatic heterocycles. The number of nitrogens with zero attached hydrogens (tertiary/aromatic N) is 3. The summed E-state index contributed by atoms with van der Waals surface area (Å²) in [5.74, 6) is 0.598. The molecule has 0 saturated carbocycles. The van der Waals surface area contributed by atoms with Gasteiger partial charge in [0.25, 0.3) is 0 Å². The summed E-state index contributed by atoms with van der Waals surface area (Å²) in [7, 11) is 1.71. The van der Waals surface area contributed by atoms with Gasteiger partial charge in [0.2, 0.25) is 6.41 Å². The molecular formula is C26H41N5O3. The third-order valence-corrected chi connectivity index (χ3v) is 6.68. The summed E-state index contributed by atoms with van der Waals surface area (Å²) in [5.41, 5.74) is 4.45. The Labute approximate surface area is 204 Å². The van der Waals surface area contributed by atoms with E-state index in [9.17, 15) is 4.79 Å². The third kappa shape index (κ3) is 6.58. The van der Waals surface area contributed by atoms with E-state index < -0.39 is 0 Å². The summed E-state index contributed by atoms with van der Waals surface area (Å²) >= 11 is 0. The van der Waals surface area contributed by atoms with Crippen molar-refractivity contribution in [1.82, 2.24) is 20.4 Å². The number of hydrogen-bond acceptors (Lipinski definition) is 7. The second kappa shape index (κ2) is 12.9. The summed E-state index contributed by atoms with van der Waals surface area (Å²) < 4.78 is 11.5. The fraction of sp³-hybridized carbons (Fsp3) is 0.615. The highest BCUT2D eigenvalue weighted by atomic mass is 16.5. The minimum absolute atomic E-state index is 0.113. The van der Waals surface area contributed by atoms with Crippen LogP contribution in [0.3, 0.4) is 0 Å². The van der Waals surface area contributed by atoms with Crippen LogP contribution in [-0.4, -0.2) is 86.9 Å². The van der Waals surface area contributed by atoms with Crippen LogP contribution < -0.4 is 10.6 Å². The summed E-state index contributed by atoms with van der Waals surface area (Å²) in [4.78, 5) is 20.3. The maximum absolute atomic E-state index is 11.1. The molecule has 4 heterocycles. The predicted octanol–water partition coefficient (Wildman–Crippen LogP) is 2.57. The van der Waals surface area contributed by atoms with Gasteiger partial charge < -0.3 is 25.0 Å². The summed E-state index contributed by atoms with van der Waals surface area (Å²) in [6.45, 7) is 13.3. The van der Waals surface area contributed by atoms with Crippen LogP contribution in [0.5, 0.6) is 0 Å². The molecule has 0 aromatic carbocycles. The highest BCUT2D eigenvalue weighted by Gasteiger charge is 2.38. The van der Waals surface area contributed by atoms with E-state index >= 15 is 0 Å². The Morgan fingerprint density at radius 3 is 2.41 bits per heavy atom. The molecule has 3 atom stereocenters. The molecule has 0 spiro atoms. The molecule has 1 amide bonds. The number of aliphatic imine (C=N–C) groups is 1. The lowest BCUT2D eigenvalue weighted by molar-refractivity contribution is -0.108. The molecule has 0 aromatic rings. The van der Waals surface area contributed by atoms with Crippen LogP contribution in [0.25, 0.3) is 0 Å². The predicted molar refractivity (Wildman–Crippen MR) is 136 cm³/mol. The Kier molecular flexibility index (Phi) is 9.92. The average molecular weight is 472 g/mol. The van der Waals surface area contributed by atoms with Crippen molar-refractivity contribution in [3.05, 3.63) is 46.8 Å². The van der Waals surface area contributed by atoms with E-state index in [1.807, 2.05) is 19.9 Å². The maximum atomic E-state index is 11.1. The molecule has 4 aliphatic rings. The zero-order chi connectivity index (χ0) is 24.5. The first-order valence-corrected chi connectivity index (χ1v) is 12.3. The highest BCUT2D eigenvalue weighted by Crippen LogP contribution is 2.33. The number of allylic oxidation sites excluding steroid dienone is 5. The minimum atomic E-state index is 0.113. The third-order valence-electron chi connectivity index (χ3n) is 6.68. The number of likely N-dealkylation sites (tertiary alicyclic amines) is 1. The molecule has 0 radical (unpaired) electrons. The van der Waals surface area contributed by atoms with Gasteiger partial charge in [-0.3, -0.25) is 14.7 Å². The smallest absolute Gasteiger partial charge is 0.212 e. The SMILES string of the molecule is C/C=C\C(C)=C/C.CN=C(NC=O)C1=C(C)NC(N2CCOCC2)C=C1N1CC2CCC(C1)O2. The molecule has 4 rings (SSSR count). The summed E-state index contributed by atoms with van der Waals surface area (Å²) in [6, 6.07) is 0. The Morgan fingerprint density at radius 2 is 1.88 bits per heavy atom. The molecule has 188 valence electrons. The van der Waals surface area contributed by atoms with Gasteiger partial charge in [-0.15, -0.1) is 0 Å². The van der Waals surface area contributed by atoms with Crippen LogP contribution in [-0.2, 0) is 14.3 Å². The number of carbonyl (C=O) groups is 1. The van der Waals surface area contributed by atoms with Crippen molar-refractivity contribution >= 4 is 12.2 Å². The second-order valence-electron chi connectivity index (χ2n) is 9.02. The number of carbonyl (C=O) groups excluding carboxylic acids is 1. The molecule has 8 heteroatoms. The van der Waals surface area contributed by atoms with Crippen molar-refractivity contribution in [1.29, 1.82) is 0 Å². The number of morpholine rings is 2. The van der Waals surface area contributed by atoms with Gasteiger partial charge in [-0.2, -0.15) is 0 Å². The van der Waals surface area contributed by atoms with Gasteiger partial charge in [0, 0.05) is 44.6 Å². The maximum Gasteiger partial charge on any atom is 0.212 e. The van der Waals surface area contributed by atoms with Crippen molar-refractivity contribution < 1.29 is 14.3 Å². The summed E-state index contributed by atoms with van der Waals surface area (Å²) in [6.07, 6.45) is 12.1. The number of ether oxygens (including phenoxy) is 2. The molecule has 4 aliphatic heterocycles. The van der Waals surface area contributed by atoms with Crippen LogP contribution in [0.4, 0.5) is 0 Å². The van der Waals surface area contributed by atoms with Gasteiger partial charge >= 0.3 is 0 Å². The van der Waals surface area contributed by atoms with Crippen molar-refractivity contribution in [3.63, 3.8) is 0 Å². The average Bonchev–Trinajstić information content (AvgIpc) is 3.20. The van der Waals surface area contributed by atoms with Crippen LogP contribution in [0.2, 0.25) is 0 Å². The fourth-order valence-electron chi connectivity index (χ4n) is 4.85. The van der Waals surface area contributed by atoms with Crippen LogP contribution >= 0.6 is 0 Å². The Morgan fingerprint density at radius 1 is 1.21 bits per heavy atom. The van der Waals surface area contributed by atoms with Gasteiger partial charge in [-0.25, -0.2) is 0 Å².